The molecule has 0 radical (unpaired) electrons. The Balaban J connectivity index is 2.17. The van der Waals surface area contributed by atoms with Crippen LogP contribution in [-0.4, -0.2) is 40.7 Å². The molecule has 0 fully saturated rings. The number of rotatable bonds is 4. The minimum Gasteiger partial charge on any atom is -0.341 e. The molecular formula is C15H21N3O. The van der Waals surface area contributed by atoms with Crippen LogP contribution < -0.4 is 0 Å². The van der Waals surface area contributed by atoms with Crippen molar-refractivity contribution in [2.75, 3.05) is 13.1 Å². The third-order valence-corrected chi connectivity index (χ3v) is 3.80. The number of carbonyl (C=O) groups excluding carboxylic acids is 1. The predicted molar refractivity (Wildman–Crippen MR) is 76.2 cm³/mol. The first-order valence-corrected chi connectivity index (χ1v) is 6.82. The summed E-state index contributed by atoms with van der Waals surface area (Å²) in [6.07, 6.45) is 0. The zero-order valence-electron chi connectivity index (χ0n) is 11.8. The maximum atomic E-state index is 12.4. The Morgan fingerprint density at radius 1 is 1.37 bits per heavy atom. The molecule has 2 rings (SSSR count). The SMILES string of the molecule is CCN(CC)C(=O)C(C)N1Cc2ccccc2C1=N. The molecule has 1 atom stereocenters. The van der Waals surface area contributed by atoms with Crippen molar-refractivity contribution in [3.8, 4) is 0 Å². The fraction of sp³-hybridized carbons (Fsp3) is 0.467. The molecule has 0 aliphatic carbocycles. The number of carbonyl (C=O) groups is 1. The van der Waals surface area contributed by atoms with Gasteiger partial charge in [0.05, 0.1) is 0 Å². The van der Waals surface area contributed by atoms with Gasteiger partial charge in [-0.15, -0.1) is 0 Å². The van der Waals surface area contributed by atoms with Gasteiger partial charge in [-0.25, -0.2) is 0 Å². The molecule has 1 heterocycles. The molecule has 0 spiro atoms. The van der Waals surface area contributed by atoms with Crippen molar-refractivity contribution in [1.82, 2.24) is 9.80 Å². The van der Waals surface area contributed by atoms with Gasteiger partial charge < -0.3 is 9.80 Å². The van der Waals surface area contributed by atoms with Gasteiger partial charge in [0.25, 0.3) is 0 Å². The van der Waals surface area contributed by atoms with Gasteiger partial charge in [-0.05, 0) is 26.3 Å². The van der Waals surface area contributed by atoms with E-state index < -0.39 is 0 Å². The third kappa shape index (κ3) is 2.35. The second-order valence-electron chi connectivity index (χ2n) is 4.82. The van der Waals surface area contributed by atoms with Crippen molar-refractivity contribution in [1.29, 1.82) is 5.41 Å². The van der Waals surface area contributed by atoms with Gasteiger partial charge in [0.1, 0.15) is 11.9 Å². The minimum absolute atomic E-state index is 0.0996. The van der Waals surface area contributed by atoms with Crippen LogP contribution in [0.3, 0.4) is 0 Å². The quantitative estimate of drug-likeness (QED) is 0.900. The highest BCUT2D eigenvalue weighted by Crippen LogP contribution is 2.24. The van der Waals surface area contributed by atoms with Crippen molar-refractivity contribution < 1.29 is 4.79 Å². The van der Waals surface area contributed by atoms with Gasteiger partial charge in [-0.3, -0.25) is 10.2 Å². The lowest BCUT2D eigenvalue weighted by molar-refractivity contribution is -0.134. The molecule has 1 aromatic rings. The van der Waals surface area contributed by atoms with E-state index in [2.05, 4.69) is 0 Å². The molecule has 1 aliphatic rings. The van der Waals surface area contributed by atoms with Crippen LogP contribution in [0.4, 0.5) is 0 Å². The first-order chi connectivity index (χ1) is 9.10. The van der Waals surface area contributed by atoms with Crippen LogP contribution >= 0.6 is 0 Å². The number of likely N-dealkylation sites (N-methyl/N-ethyl adjacent to an activating group) is 1. The van der Waals surface area contributed by atoms with Crippen LogP contribution in [0.1, 0.15) is 31.9 Å². The number of hydrogen-bond donors (Lipinski definition) is 1. The van der Waals surface area contributed by atoms with E-state index in [-0.39, 0.29) is 11.9 Å². The van der Waals surface area contributed by atoms with Crippen molar-refractivity contribution in [3.05, 3.63) is 35.4 Å². The number of benzene rings is 1. The van der Waals surface area contributed by atoms with Crippen molar-refractivity contribution in [2.24, 2.45) is 0 Å². The minimum atomic E-state index is -0.278. The fourth-order valence-corrected chi connectivity index (χ4v) is 2.57. The molecule has 1 aromatic carbocycles. The Morgan fingerprint density at radius 3 is 2.58 bits per heavy atom. The van der Waals surface area contributed by atoms with Crippen LogP contribution in [0.15, 0.2) is 24.3 Å². The number of fused-ring (bicyclic) bond motifs is 1. The van der Waals surface area contributed by atoms with Gasteiger partial charge in [0.15, 0.2) is 0 Å². The topological polar surface area (TPSA) is 47.4 Å². The second kappa shape index (κ2) is 5.43. The van der Waals surface area contributed by atoms with Crippen LogP contribution in [0.25, 0.3) is 0 Å². The summed E-state index contributed by atoms with van der Waals surface area (Å²) in [5.41, 5.74) is 2.08. The molecule has 0 aromatic heterocycles. The number of nitrogens with one attached hydrogen (secondary N) is 1. The Morgan fingerprint density at radius 2 is 2.00 bits per heavy atom. The number of amidine groups is 1. The van der Waals surface area contributed by atoms with E-state index >= 15 is 0 Å². The Hall–Kier alpha value is -1.84. The normalized spacial score (nSPS) is 15.3. The molecule has 1 N–H and O–H groups in total. The average molecular weight is 259 g/mol. The lowest BCUT2D eigenvalue weighted by Gasteiger charge is -2.30. The molecular weight excluding hydrogens is 238 g/mol. The van der Waals surface area contributed by atoms with Crippen LogP contribution in [0, 0.1) is 5.41 Å². The van der Waals surface area contributed by atoms with E-state index in [4.69, 9.17) is 5.41 Å². The summed E-state index contributed by atoms with van der Waals surface area (Å²) in [5.74, 6) is 0.561. The standard InChI is InChI=1S/C15H21N3O/c1-4-17(5-2)15(19)11(3)18-10-12-8-6-7-9-13(12)14(18)16/h6-9,11,16H,4-5,10H2,1-3H3. The largest absolute Gasteiger partial charge is 0.341 e. The molecule has 1 aliphatic heterocycles. The van der Waals surface area contributed by atoms with E-state index in [0.29, 0.717) is 25.5 Å². The summed E-state index contributed by atoms with van der Waals surface area (Å²) in [4.78, 5) is 16.1. The Labute approximate surface area is 114 Å². The maximum Gasteiger partial charge on any atom is 0.245 e. The third-order valence-electron chi connectivity index (χ3n) is 3.80. The van der Waals surface area contributed by atoms with Crippen molar-refractivity contribution >= 4 is 11.7 Å². The van der Waals surface area contributed by atoms with Gasteiger partial charge in [-0.1, -0.05) is 24.3 Å². The lowest BCUT2D eigenvalue weighted by Crippen LogP contribution is -2.47. The molecule has 1 amide bonds. The summed E-state index contributed by atoms with van der Waals surface area (Å²) in [6.45, 7) is 7.95. The molecule has 0 saturated carbocycles. The molecule has 0 saturated heterocycles. The highest BCUT2D eigenvalue weighted by atomic mass is 16.2. The van der Waals surface area contributed by atoms with E-state index in [1.54, 1.807) is 0 Å². The highest BCUT2D eigenvalue weighted by Gasteiger charge is 2.32. The van der Waals surface area contributed by atoms with E-state index in [1.165, 1.54) is 0 Å². The van der Waals surface area contributed by atoms with E-state index in [9.17, 15) is 4.79 Å². The molecule has 1 unspecified atom stereocenters. The summed E-state index contributed by atoms with van der Waals surface area (Å²) in [5, 5.41) is 8.22. The number of amides is 1. The molecule has 19 heavy (non-hydrogen) atoms. The number of hydrogen-bond acceptors (Lipinski definition) is 2. The fourth-order valence-electron chi connectivity index (χ4n) is 2.57. The van der Waals surface area contributed by atoms with Gasteiger partial charge in [-0.2, -0.15) is 0 Å². The van der Waals surface area contributed by atoms with Crippen LogP contribution in [0.5, 0.6) is 0 Å². The van der Waals surface area contributed by atoms with Gasteiger partial charge in [0, 0.05) is 25.2 Å². The van der Waals surface area contributed by atoms with Gasteiger partial charge in [0.2, 0.25) is 5.91 Å². The molecule has 0 bridgehead atoms. The maximum absolute atomic E-state index is 12.4. The molecule has 4 heteroatoms. The zero-order valence-corrected chi connectivity index (χ0v) is 11.8. The first kappa shape index (κ1) is 13.6. The lowest BCUT2D eigenvalue weighted by atomic mass is 10.1. The second-order valence-corrected chi connectivity index (χ2v) is 4.82. The predicted octanol–water partition coefficient (Wildman–Crippen LogP) is 2.08. The Kier molecular flexibility index (Phi) is 3.88. The van der Waals surface area contributed by atoms with Crippen molar-refractivity contribution in [3.63, 3.8) is 0 Å². The summed E-state index contributed by atoms with van der Waals surface area (Å²) >= 11 is 0. The first-order valence-electron chi connectivity index (χ1n) is 6.82. The average Bonchev–Trinajstić information content (AvgIpc) is 2.77. The molecule has 102 valence electrons. The van der Waals surface area contributed by atoms with E-state index in [1.807, 2.05) is 54.8 Å². The summed E-state index contributed by atoms with van der Waals surface area (Å²) in [6, 6.07) is 7.62. The van der Waals surface area contributed by atoms with Crippen molar-refractivity contribution in [2.45, 2.75) is 33.4 Å². The summed E-state index contributed by atoms with van der Waals surface area (Å²) in [7, 11) is 0. The number of nitrogens with zero attached hydrogens (tertiary/aromatic N) is 2. The highest BCUT2D eigenvalue weighted by molar-refractivity contribution is 6.02. The summed E-state index contributed by atoms with van der Waals surface area (Å²) < 4.78 is 0. The monoisotopic (exact) mass is 259 g/mol. The Bertz CT molecular complexity index is 494. The van der Waals surface area contributed by atoms with E-state index in [0.717, 1.165) is 11.1 Å². The molecule has 4 nitrogen and oxygen atoms in total. The zero-order chi connectivity index (χ0) is 14.0. The smallest absolute Gasteiger partial charge is 0.245 e. The van der Waals surface area contributed by atoms with Crippen LogP contribution in [-0.2, 0) is 11.3 Å². The van der Waals surface area contributed by atoms with Gasteiger partial charge >= 0.3 is 0 Å². The van der Waals surface area contributed by atoms with Crippen LogP contribution in [0.2, 0.25) is 0 Å².